The average Bonchev–Trinajstić information content (AvgIpc) is 3.44. The molecule has 2 atom stereocenters. The zero-order valence-corrected chi connectivity index (χ0v) is 20.0. The van der Waals surface area contributed by atoms with Crippen molar-refractivity contribution in [1.29, 1.82) is 0 Å². The van der Waals surface area contributed by atoms with Gasteiger partial charge in [0.1, 0.15) is 11.2 Å². The molecule has 2 heterocycles. The second-order valence-electron chi connectivity index (χ2n) is 10.1. The van der Waals surface area contributed by atoms with Crippen molar-refractivity contribution < 1.29 is 23.8 Å². The summed E-state index contributed by atoms with van der Waals surface area (Å²) >= 11 is 0. The molecule has 9 heteroatoms. The minimum atomic E-state index is -0.943. The number of nitrogens with one attached hydrogen (secondary N) is 2. The van der Waals surface area contributed by atoms with E-state index in [-0.39, 0.29) is 18.1 Å². The van der Waals surface area contributed by atoms with Crippen LogP contribution >= 0.6 is 0 Å². The van der Waals surface area contributed by atoms with Crippen LogP contribution in [0.3, 0.4) is 0 Å². The number of carbonyl (C=O) groups is 2. The molecular weight excluding hydrogens is 448 g/mol. The second-order valence-corrected chi connectivity index (χ2v) is 10.1. The van der Waals surface area contributed by atoms with Gasteiger partial charge in [-0.1, -0.05) is 20.8 Å². The minimum Gasteiger partial charge on any atom is -0.497 e. The van der Waals surface area contributed by atoms with Gasteiger partial charge in [-0.15, -0.1) is 0 Å². The van der Waals surface area contributed by atoms with Crippen LogP contribution in [0.1, 0.15) is 55.4 Å². The standard InChI is InChI=1S/C26H26N4O5/c1-24(2)25(3)9-10-26(24,23(32)30-29-22(31)14-5-7-15(33-4)8-6-14)21-20(25)27-16-11-18-19(35-13-34-18)12-17(16)28-21/h5-8,11-12H,9-10,13H2,1-4H3,(H,29,31)(H,30,32). The molecule has 1 saturated carbocycles. The number of fused-ring (bicyclic) bond motifs is 7. The van der Waals surface area contributed by atoms with E-state index in [2.05, 4.69) is 31.6 Å². The number of benzene rings is 2. The van der Waals surface area contributed by atoms with E-state index in [0.29, 0.717) is 46.0 Å². The summed E-state index contributed by atoms with van der Waals surface area (Å²) in [6.45, 7) is 6.49. The molecule has 1 fully saturated rings. The van der Waals surface area contributed by atoms with Crippen molar-refractivity contribution in [3.05, 3.63) is 53.3 Å². The Labute approximate surface area is 202 Å². The lowest BCUT2D eigenvalue weighted by Gasteiger charge is -2.39. The number of rotatable bonds is 3. The van der Waals surface area contributed by atoms with Gasteiger partial charge in [0, 0.05) is 23.1 Å². The highest BCUT2D eigenvalue weighted by molar-refractivity contribution is 5.98. The summed E-state index contributed by atoms with van der Waals surface area (Å²) in [4.78, 5) is 36.5. The first-order valence-electron chi connectivity index (χ1n) is 11.6. The zero-order valence-electron chi connectivity index (χ0n) is 20.0. The molecule has 2 aliphatic carbocycles. The van der Waals surface area contributed by atoms with Crippen LogP contribution in [0.4, 0.5) is 0 Å². The number of hydrazine groups is 1. The van der Waals surface area contributed by atoms with Gasteiger partial charge in [0.25, 0.3) is 11.8 Å². The molecule has 35 heavy (non-hydrogen) atoms. The third-order valence-electron chi connectivity index (χ3n) is 8.56. The van der Waals surface area contributed by atoms with Crippen molar-refractivity contribution in [2.45, 2.75) is 44.4 Å². The lowest BCUT2D eigenvalue weighted by Crippen LogP contribution is -2.55. The van der Waals surface area contributed by atoms with Crippen LogP contribution in [0.15, 0.2) is 36.4 Å². The van der Waals surface area contributed by atoms with Crippen LogP contribution in [0.2, 0.25) is 0 Å². The number of methoxy groups -OCH3 is 1. The van der Waals surface area contributed by atoms with E-state index in [4.69, 9.17) is 24.2 Å². The van der Waals surface area contributed by atoms with Crippen LogP contribution in [-0.4, -0.2) is 35.7 Å². The maximum absolute atomic E-state index is 13.8. The predicted molar refractivity (Wildman–Crippen MR) is 126 cm³/mol. The largest absolute Gasteiger partial charge is 0.497 e. The van der Waals surface area contributed by atoms with Crippen LogP contribution in [-0.2, 0) is 15.6 Å². The molecule has 2 amide bonds. The number of amides is 2. The van der Waals surface area contributed by atoms with Gasteiger partial charge >= 0.3 is 0 Å². The molecule has 2 unspecified atom stereocenters. The predicted octanol–water partition coefficient (Wildman–Crippen LogP) is 3.16. The zero-order chi connectivity index (χ0) is 24.6. The van der Waals surface area contributed by atoms with Crippen LogP contribution in [0.5, 0.6) is 17.2 Å². The third-order valence-corrected chi connectivity index (χ3v) is 8.56. The number of hydrogen-bond donors (Lipinski definition) is 2. The summed E-state index contributed by atoms with van der Waals surface area (Å²) in [5.74, 6) is 1.21. The molecule has 6 rings (SSSR count). The van der Waals surface area contributed by atoms with Crippen molar-refractivity contribution in [2.24, 2.45) is 5.41 Å². The number of hydrogen-bond acceptors (Lipinski definition) is 7. The van der Waals surface area contributed by atoms with Gasteiger partial charge in [-0.2, -0.15) is 0 Å². The maximum atomic E-state index is 13.8. The Bertz CT molecular complexity index is 1400. The van der Waals surface area contributed by atoms with E-state index in [9.17, 15) is 9.59 Å². The fourth-order valence-electron chi connectivity index (χ4n) is 6.03. The quantitative estimate of drug-likeness (QED) is 0.561. The Kier molecular flexibility index (Phi) is 4.37. The summed E-state index contributed by atoms with van der Waals surface area (Å²) in [6.07, 6.45) is 1.40. The molecule has 1 aromatic heterocycles. The number of ether oxygens (including phenoxy) is 3. The molecule has 1 aliphatic heterocycles. The topological polar surface area (TPSA) is 112 Å². The number of nitrogens with zero attached hydrogens (tertiary/aromatic N) is 2. The normalized spacial score (nSPS) is 24.8. The van der Waals surface area contributed by atoms with Gasteiger partial charge in [0.2, 0.25) is 6.79 Å². The molecular formula is C26H26N4O5. The average molecular weight is 475 g/mol. The minimum absolute atomic E-state index is 0.163. The van der Waals surface area contributed by atoms with Crippen molar-refractivity contribution in [2.75, 3.05) is 13.9 Å². The monoisotopic (exact) mass is 474 g/mol. The summed E-state index contributed by atoms with van der Waals surface area (Å²) in [5.41, 5.74) is 6.76. The van der Waals surface area contributed by atoms with Gasteiger partial charge in [-0.3, -0.25) is 20.4 Å². The van der Waals surface area contributed by atoms with E-state index < -0.39 is 16.7 Å². The second kappa shape index (κ2) is 7.07. The van der Waals surface area contributed by atoms with Crippen molar-refractivity contribution in [1.82, 2.24) is 20.8 Å². The summed E-state index contributed by atoms with van der Waals surface area (Å²) in [7, 11) is 1.56. The summed E-state index contributed by atoms with van der Waals surface area (Å²) in [5, 5.41) is 0. The Balaban J connectivity index is 1.36. The molecule has 0 saturated heterocycles. The number of aromatic nitrogens is 2. The summed E-state index contributed by atoms with van der Waals surface area (Å²) < 4.78 is 16.2. The van der Waals surface area contributed by atoms with E-state index in [1.54, 1.807) is 31.4 Å². The maximum Gasteiger partial charge on any atom is 0.269 e. The van der Waals surface area contributed by atoms with E-state index in [1.165, 1.54) is 0 Å². The molecule has 3 aliphatic rings. The molecule has 2 aromatic carbocycles. The lowest BCUT2D eigenvalue weighted by molar-refractivity contribution is -0.131. The van der Waals surface area contributed by atoms with Gasteiger partial charge < -0.3 is 14.2 Å². The molecule has 0 radical (unpaired) electrons. The fourth-order valence-corrected chi connectivity index (χ4v) is 6.03. The van der Waals surface area contributed by atoms with Gasteiger partial charge in [-0.05, 0) is 42.5 Å². The SMILES string of the molecule is COc1ccc(C(=O)NNC(=O)C23CCC(C)(c4nc5cc6c(cc5nc42)OCO6)C3(C)C)cc1. The van der Waals surface area contributed by atoms with E-state index in [1.807, 2.05) is 12.1 Å². The third kappa shape index (κ3) is 2.69. The Morgan fingerprint density at radius 1 is 0.914 bits per heavy atom. The van der Waals surface area contributed by atoms with Crippen LogP contribution in [0.25, 0.3) is 11.0 Å². The van der Waals surface area contributed by atoms with E-state index in [0.717, 1.165) is 12.1 Å². The van der Waals surface area contributed by atoms with Gasteiger partial charge in [-0.25, -0.2) is 9.97 Å². The Morgan fingerprint density at radius 3 is 2.17 bits per heavy atom. The first kappa shape index (κ1) is 21.6. The molecule has 2 bridgehead atoms. The molecule has 2 N–H and O–H groups in total. The highest BCUT2D eigenvalue weighted by Crippen LogP contribution is 2.70. The number of carbonyl (C=O) groups excluding carboxylic acids is 2. The highest BCUT2D eigenvalue weighted by Gasteiger charge is 2.73. The summed E-state index contributed by atoms with van der Waals surface area (Å²) in [6, 6.07) is 10.3. The van der Waals surface area contributed by atoms with Crippen LogP contribution in [0, 0.1) is 5.41 Å². The van der Waals surface area contributed by atoms with Crippen molar-refractivity contribution >= 4 is 22.8 Å². The van der Waals surface area contributed by atoms with Crippen LogP contribution < -0.4 is 25.1 Å². The molecule has 180 valence electrons. The molecule has 3 aromatic rings. The van der Waals surface area contributed by atoms with Crippen molar-refractivity contribution in [3.8, 4) is 17.2 Å². The smallest absolute Gasteiger partial charge is 0.269 e. The fraction of sp³-hybridized carbons (Fsp3) is 0.385. The molecule has 0 spiro atoms. The Hall–Kier alpha value is -3.88. The lowest BCUT2D eigenvalue weighted by atomic mass is 9.63. The van der Waals surface area contributed by atoms with Gasteiger partial charge in [0.05, 0.1) is 29.5 Å². The van der Waals surface area contributed by atoms with E-state index >= 15 is 0 Å². The molecule has 9 nitrogen and oxygen atoms in total. The first-order valence-corrected chi connectivity index (χ1v) is 11.6. The van der Waals surface area contributed by atoms with Gasteiger partial charge in [0.15, 0.2) is 11.5 Å². The highest BCUT2D eigenvalue weighted by atomic mass is 16.7. The van der Waals surface area contributed by atoms with Crippen molar-refractivity contribution in [3.63, 3.8) is 0 Å². The first-order chi connectivity index (χ1) is 16.7. The Morgan fingerprint density at radius 2 is 1.54 bits per heavy atom.